The zero-order chi connectivity index (χ0) is 13.4. The maximum atomic E-state index is 5.18. The third-order valence-electron chi connectivity index (χ3n) is 3.15. The minimum absolute atomic E-state index is 0.847. The third-order valence-corrected chi connectivity index (χ3v) is 3.91. The van der Waals surface area contributed by atoms with Crippen molar-refractivity contribution in [2.24, 2.45) is 0 Å². The van der Waals surface area contributed by atoms with Crippen molar-refractivity contribution in [1.82, 2.24) is 9.38 Å². The predicted molar refractivity (Wildman–Crippen MR) is 79.6 cm³/mol. The van der Waals surface area contributed by atoms with E-state index in [1.165, 1.54) is 0 Å². The topological polar surface area (TPSA) is 26.5 Å². The van der Waals surface area contributed by atoms with Gasteiger partial charge in [0.15, 0.2) is 0 Å². The van der Waals surface area contributed by atoms with Crippen LogP contribution in [0.25, 0.3) is 16.9 Å². The van der Waals surface area contributed by atoms with Gasteiger partial charge in [-0.3, -0.25) is 4.40 Å². The molecule has 0 aliphatic carbocycles. The lowest BCUT2D eigenvalue weighted by Gasteiger charge is -2.01. The van der Waals surface area contributed by atoms with Crippen LogP contribution in [0.3, 0.4) is 0 Å². The van der Waals surface area contributed by atoms with E-state index in [4.69, 9.17) is 9.72 Å². The molecule has 0 atom stereocenters. The molecule has 0 amide bonds. The first kappa shape index (κ1) is 12.2. The summed E-state index contributed by atoms with van der Waals surface area (Å²) in [5, 5.41) is 0. The fourth-order valence-electron chi connectivity index (χ4n) is 2.11. The molecule has 2 aromatic heterocycles. The van der Waals surface area contributed by atoms with Crippen LogP contribution in [-0.4, -0.2) is 16.5 Å². The molecule has 0 N–H and O–H groups in total. The Morgan fingerprint density at radius 3 is 2.53 bits per heavy atom. The van der Waals surface area contributed by atoms with Crippen LogP contribution in [0.1, 0.15) is 5.56 Å². The lowest BCUT2D eigenvalue weighted by atomic mass is 10.2. The van der Waals surface area contributed by atoms with Crippen molar-refractivity contribution in [2.45, 2.75) is 6.92 Å². The summed E-state index contributed by atoms with van der Waals surface area (Å²) in [5.74, 6) is 0.847. The highest BCUT2D eigenvalue weighted by atomic mass is 79.9. The summed E-state index contributed by atoms with van der Waals surface area (Å²) < 4.78 is 8.20. The van der Waals surface area contributed by atoms with Crippen LogP contribution in [-0.2, 0) is 0 Å². The van der Waals surface area contributed by atoms with Gasteiger partial charge in [0.1, 0.15) is 21.7 Å². The summed E-state index contributed by atoms with van der Waals surface area (Å²) >= 11 is 3.63. The van der Waals surface area contributed by atoms with Gasteiger partial charge in [-0.05, 0) is 58.7 Å². The van der Waals surface area contributed by atoms with Crippen molar-refractivity contribution in [1.29, 1.82) is 0 Å². The summed E-state index contributed by atoms with van der Waals surface area (Å²) in [6.07, 6.45) is 2.01. The van der Waals surface area contributed by atoms with E-state index in [0.717, 1.165) is 32.8 Å². The van der Waals surface area contributed by atoms with Crippen LogP contribution in [0.4, 0.5) is 0 Å². The molecule has 0 spiro atoms. The number of halogens is 1. The van der Waals surface area contributed by atoms with Gasteiger partial charge < -0.3 is 4.74 Å². The molecule has 3 rings (SSSR count). The number of imidazole rings is 1. The molecule has 0 unspecified atom stereocenters. The SMILES string of the molecule is COc1ccc(-c2nc3c(C)cccn3c2Br)cc1. The van der Waals surface area contributed by atoms with Gasteiger partial charge in [-0.15, -0.1) is 0 Å². The molecule has 0 fully saturated rings. The van der Waals surface area contributed by atoms with Gasteiger partial charge in [0.2, 0.25) is 0 Å². The Hall–Kier alpha value is -1.81. The molecule has 1 aromatic carbocycles. The molecule has 0 bridgehead atoms. The highest BCUT2D eigenvalue weighted by molar-refractivity contribution is 9.10. The number of pyridine rings is 1. The van der Waals surface area contributed by atoms with Gasteiger partial charge in [-0.25, -0.2) is 4.98 Å². The second-order valence-electron chi connectivity index (χ2n) is 4.36. The number of ether oxygens (including phenoxy) is 1. The maximum absolute atomic E-state index is 5.18. The maximum Gasteiger partial charge on any atom is 0.141 e. The monoisotopic (exact) mass is 316 g/mol. The normalized spacial score (nSPS) is 10.9. The Kier molecular flexibility index (Phi) is 3.03. The smallest absolute Gasteiger partial charge is 0.141 e. The van der Waals surface area contributed by atoms with E-state index in [1.54, 1.807) is 7.11 Å². The summed E-state index contributed by atoms with van der Waals surface area (Å²) in [4.78, 5) is 4.71. The largest absolute Gasteiger partial charge is 0.497 e. The minimum Gasteiger partial charge on any atom is -0.497 e. The highest BCUT2D eigenvalue weighted by Gasteiger charge is 2.12. The zero-order valence-corrected chi connectivity index (χ0v) is 12.3. The molecule has 3 nitrogen and oxygen atoms in total. The average molecular weight is 317 g/mol. The molecule has 19 heavy (non-hydrogen) atoms. The predicted octanol–water partition coefficient (Wildman–Crippen LogP) is 4.08. The van der Waals surface area contributed by atoms with Gasteiger partial charge in [0, 0.05) is 11.8 Å². The summed E-state index contributed by atoms with van der Waals surface area (Å²) in [6.45, 7) is 2.06. The lowest BCUT2D eigenvalue weighted by Crippen LogP contribution is -1.85. The van der Waals surface area contributed by atoms with Crippen molar-refractivity contribution in [3.63, 3.8) is 0 Å². The molecule has 3 aromatic rings. The van der Waals surface area contributed by atoms with Crippen molar-refractivity contribution < 1.29 is 4.74 Å². The lowest BCUT2D eigenvalue weighted by molar-refractivity contribution is 0.415. The van der Waals surface area contributed by atoms with E-state index in [-0.39, 0.29) is 0 Å². The molecule has 4 heteroatoms. The molecule has 2 heterocycles. The highest BCUT2D eigenvalue weighted by Crippen LogP contribution is 2.30. The number of benzene rings is 1. The van der Waals surface area contributed by atoms with Gasteiger partial charge >= 0.3 is 0 Å². The first-order valence-corrected chi connectivity index (χ1v) is 6.77. The summed E-state index contributed by atoms with van der Waals surface area (Å²) in [7, 11) is 1.67. The van der Waals surface area contributed by atoms with Crippen molar-refractivity contribution in [2.75, 3.05) is 7.11 Å². The number of hydrogen-bond donors (Lipinski definition) is 0. The number of aromatic nitrogens is 2. The molecular formula is C15H13BrN2O. The number of nitrogens with zero attached hydrogens (tertiary/aromatic N) is 2. The Bertz CT molecular complexity index is 732. The summed E-state index contributed by atoms with van der Waals surface area (Å²) in [5.41, 5.74) is 4.14. The minimum atomic E-state index is 0.847. The fourth-order valence-corrected chi connectivity index (χ4v) is 2.71. The van der Waals surface area contributed by atoms with E-state index < -0.39 is 0 Å². The number of hydrogen-bond acceptors (Lipinski definition) is 2. The van der Waals surface area contributed by atoms with Crippen LogP contribution in [0.2, 0.25) is 0 Å². The van der Waals surface area contributed by atoms with E-state index in [9.17, 15) is 0 Å². The van der Waals surface area contributed by atoms with Crippen LogP contribution < -0.4 is 4.74 Å². The van der Waals surface area contributed by atoms with Gasteiger partial charge in [-0.2, -0.15) is 0 Å². The molecular weight excluding hydrogens is 304 g/mol. The fraction of sp³-hybridized carbons (Fsp3) is 0.133. The van der Waals surface area contributed by atoms with Crippen molar-refractivity contribution >= 4 is 21.6 Å². The number of methoxy groups -OCH3 is 1. The van der Waals surface area contributed by atoms with Crippen LogP contribution in [0, 0.1) is 6.92 Å². The van der Waals surface area contributed by atoms with Crippen LogP contribution in [0.5, 0.6) is 5.75 Å². The molecule has 96 valence electrons. The third kappa shape index (κ3) is 2.02. The van der Waals surface area contributed by atoms with Crippen LogP contribution >= 0.6 is 15.9 Å². The van der Waals surface area contributed by atoms with Crippen molar-refractivity contribution in [3.8, 4) is 17.0 Å². The Labute approximate surface area is 120 Å². The average Bonchev–Trinajstić information content (AvgIpc) is 2.78. The van der Waals surface area contributed by atoms with E-state index in [1.807, 2.05) is 36.5 Å². The molecule has 0 aliphatic heterocycles. The molecule has 0 aliphatic rings. The van der Waals surface area contributed by atoms with Gasteiger partial charge in [-0.1, -0.05) is 6.07 Å². The second-order valence-corrected chi connectivity index (χ2v) is 5.12. The number of aryl methyl sites for hydroxylation is 1. The van der Waals surface area contributed by atoms with E-state index in [0.29, 0.717) is 0 Å². The Morgan fingerprint density at radius 2 is 1.89 bits per heavy atom. The zero-order valence-electron chi connectivity index (χ0n) is 10.7. The van der Waals surface area contributed by atoms with Gasteiger partial charge in [0.25, 0.3) is 0 Å². The first-order valence-electron chi connectivity index (χ1n) is 5.98. The number of rotatable bonds is 2. The van der Waals surface area contributed by atoms with Crippen LogP contribution in [0.15, 0.2) is 47.2 Å². The van der Waals surface area contributed by atoms with Crippen molar-refractivity contribution in [3.05, 3.63) is 52.8 Å². The van der Waals surface area contributed by atoms with Gasteiger partial charge in [0.05, 0.1) is 7.11 Å². The Balaban J connectivity index is 2.19. The quantitative estimate of drug-likeness (QED) is 0.712. The molecule has 0 radical (unpaired) electrons. The van der Waals surface area contributed by atoms with E-state index >= 15 is 0 Å². The van der Waals surface area contributed by atoms with E-state index in [2.05, 4.69) is 33.3 Å². The number of fused-ring (bicyclic) bond motifs is 1. The Morgan fingerprint density at radius 1 is 1.16 bits per heavy atom. The first-order chi connectivity index (χ1) is 9.20. The molecule has 0 saturated carbocycles. The second kappa shape index (κ2) is 4.70. The standard InChI is InChI=1S/C15H13BrN2O/c1-10-4-3-9-18-14(16)13(17-15(10)18)11-5-7-12(19-2)8-6-11/h3-9H,1-2H3. The molecule has 0 saturated heterocycles. The summed E-state index contributed by atoms with van der Waals surface area (Å²) in [6, 6.07) is 12.0.